The van der Waals surface area contributed by atoms with Gasteiger partial charge in [-0.25, -0.2) is 14.4 Å². The number of piperidine rings is 1. The number of nitrogens with zero attached hydrogens (tertiary/aromatic N) is 5. The second-order valence-corrected chi connectivity index (χ2v) is 6.04. The minimum atomic E-state index is -0.501. The fourth-order valence-corrected chi connectivity index (χ4v) is 2.90. The van der Waals surface area contributed by atoms with Gasteiger partial charge in [-0.3, -0.25) is 0 Å². The average molecular weight is 352 g/mol. The maximum Gasteiger partial charge on any atom is 0.174 e. The Bertz CT molecular complexity index is 929. The molecule has 0 radical (unpaired) electrons. The SMILES string of the molecule is Oc1cc(-n2ccnc2)c(F)cc1-c1cnc(C=C2CCNCC2)nn1. The van der Waals surface area contributed by atoms with Crippen molar-refractivity contribution in [1.29, 1.82) is 0 Å². The fraction of sp³-hybridized carbons (Fsp3) is 0.222. The Morgan fingerprint density at radius 2 is 2.04 bits per heavy atom. The summed E-state index contributed by atoms with van der Waals surface area (Å²) in [5.41, 5.74) is 2.03. The summed E-state index contributed by atoms with van der Waals surface area (Å²) < 4.78 is 15.9. The van der Waals surface area contributed by atoms with Crippen molar-refractivity contribution in [2.75, 3.05) is 13.1 Å². The number of nitrogens with one attached hydrogen (secondary N) is 1. The third-order valence-corrected chi connectivity index (χ3v) is 4.28. The minimum absolute atomic E-state index is 0.101. The largest absolute Gasteiger partial charge is 0.507 e. The Morgan fingerprint density at radius 3 is 2.73 bits per heavy atom. The van der Waals surface area contributed by atoms with Gasteiger partial charge in [0.05, 0.1) is 18.2 Å². The quantitative estimate of drug-likeness (QED) is 0.752. The van der Waals surface area contributed by atoms with E-state index in [2.05, 4.69) is 25.5 Å². The van der Waals surface area contributed by atoms with Gasteiger partial charge in [-0.2, -0.15) is 0 Å². The van der Waals surface area contributed by atoms with Crippen LogP contribution in [0.3, 0.4) is 0 Å². The first-order valence-corrected chi connectivity index (χ1v) is 8.32. The number of phenolic OH excluding ortho intramolecular Hbond substituents is 1. The van der Waals surface area contributed by atoms with E-state index in [1.165, 1.54) is 41.0 Å². The number of aromatic hydroxyl groups is 1. The second kappa shape index (κ2) is 7.01. The Hall–Kier alpha value is -3.13. The average Bonchev–Trinajstić information content (AvgIpc) is 3.19. The van der Waals surface area contributed by atoms with E-state index in [1.54, 1.807) is 6.20 Å². The van der Waals surface area contributed by atoms with Crippen LogP contribution in [0.15, 0.2) is 42.6 Å². The van der Waals surface area contributed by atoms with Crippen molar-refractivity contribution in [1.82, 2.24) is 30.0 Å². The molecule has 3 aromatic rings. The van der Waals surface area contributed by atoms with Crippen LogP contribution in [0.1, 0.15) is 18.7 Å². The van der Waals surface area contributed by atoms with Gasteiger partial charge in [-0.05, 0) is 38.1 Å². The molecular weight excluding hydrogens is 335 g/mol. The molecule has 132 valence electrons. The lowest BCUT2D eigenvalue weighted by Crippen LogP contribution is -2.23. The van der Waals surface area contributed by atoms with E-state index in [0.717, 1.165) is 25.9 Å². The summed E-state index contributed by atoms with van der Waals surface area (Å²) in [6.45, 7) is 1.90. The van der Waals surface area contributed by atoms with Crippen LogP contribution < -0.4 is 5.32 Å². The highest BCUT2D eigenvalue weighted by Crippen LogP contribution is 2.31. The highest BCUT2D eigenvalue weighted by Gasteiger charge is 2.14. The first kappa shape index (κ1) is 16.3. The molecule has 2 N–H and O–H groups in total. The van der Waals surface area contributed by atoms with E-state index in [-0.39, 0.29) is 17.0 Å². The number of hydrogen-bond donors (Lipinski definition) is 2. The standard InChI is InChI=1S/C18H17FN6O/c19-14-8-13(17(26)9-16(14)25-6-5-21-11-25)15-10-22-18(24-23-15)7-12-1-3-20-4-2-12/h5-11,20,26H,1-4H2. The van der Waals surface area contributed by atoms with Crippen molar-refractivity contribution >= 4 is 6.08 Å². The summed E-state index contributed by atoms with van der Waals surface area (Å²) >= 11 is 0. The Balaban J connectivity index is 1.62. The highest BCUT2D eigenvalue weighted by atomic mass is 19.1. The van der Waals surface area contributed by atoms with Gasteiger partial charge in [0.2, 0.25) is 0 Å². The van der Waals surface area contributed by atoms with Crippen LogP contribution in [0, 0.1) is 5.82 Å². The maximum atomic E-state index is 14.4. The summed E-state index contributed by atoms with van der Waals surface area (Å²) in [7, 11) is 0. The third kappa shape index (κ3) is 3.31. The topological polar surface area (TPSA) is 88.8 Å². The first-order chi connectivity index (χ1) is 12.7. The summed E-state index contributed by atoms with van der Waals surface area (Å²) in [6, 6.07) is 2.56. The monoisotopic (exact) mass is 352 g/mol. The molecule has 1 aromatic carbocycles. The number of phenols is 1. The van der Waals surface area contributed by atoms with Gasteiger partial charge < -0.3 is 15.0 Å². The van der Waals surface area contributed by atoms with E-state index < -0.39 is 5.82 Å². The van der Waals surface area contributed by atoms with Crippen molar-refractivity contribution < 1.29 is 9.50 Å². The molecule has 4 rings (SSSR count). The number of hydrogen-bond acceptors (Lipinski definition) is 6. The van der Waals surface area contributed by atoms with Crippen LogP contribution in [0.4, 0.5) is 4.39 Å². The molecule has 7 nitrogen and oxygen atoms in total. The van der Waals surface area contributed by atoms with Crippen LogP contribution in [0.2, 0.25) is 0 Å². The molecule has 2 aromatic heterocycles. The molecular formula is C18H17FN6O. The Labute approximate surface area is 149 Å². The zero-order chi connectivity index (χ0) is 17.9. The van der Waals surface area contributed by atoms with Gasteiger partial charge in [0, 0.05) is 24.0 Å². The number of halogens is 1. The lowest BCUT2D eigenvalue weighted by atomic mass is 10.1. The van der Waals surface area contributed by atoms with Gasteiger partial charge in [-0.1, -0.05) is 5.57 Å². The minimum Gasteiger partial charge on any atom is -0.507 e. The van der Waals surface area contributed by atoms with Crippen molar-refractivity contribution in [2.24, 2.45) is 0 Å². The first-order valence-electron chi connectivity index (χ1n) is 8.32. The van der Waals surface area contributed by atoms with Gasteiger partial charge in [-0.15, -0.1) is 10.2 Å². The van der Waals surface area contributed by atoms with E-state index in [0.29, 0.717) is 11.5 Å². The van der Waals surface area contributed by atoms with Crippen LogP contribution in [-0.2, 0) is 0 Å². The summed E-state index contributed by atoms with van der Waals surface area (Å²) in [5, 5.41) is 21.8. The molecule has 0 spiro atoms. The Kier molecular flexibility index (Phi) is 4.40. The predicted molar refractivity (Wildman–Crippen MR) is 94.1 cm³/mol. The third-order valence-electron chi connectivity index (χ3n) is 4.28. The zero-order valence-corrected chi connectivity index (χ0v) is 13.9. The predicted octanol–water partition coefficient (Wildman–Crippen LogP) is 2.34. The van der Waals surface area contributed by atoms with E-state index in [4.69, 9.17) is 0 Å². The lowest BCUT2D eigenvalue weighted by molar-refractivity contribution is 0.474. The molecule has 0 unspecified atom stereocenters. The molecule has 0 bridgehead atoms. The van der Waals surface area contributed by atoms with E-state index in [9.17, 15) is 9.50 Å². The lowest BCUT2D eigenvalue weighted by Gasteiger charge is -2.14. The summed E-state index contributed by atoms with van der Waals surface area (Å²) in [6.07, 6.45) is 9.95. The summed E-state index contributed by atoms with van der Waals surface area (Å²) in [5.74, 6) is -0.0881. The maximum absolute atomic E-state index is 14.4. The molecule has 1 aliphatic heterocycles. The van der Waals surface area contributed by atoms with Crippen LogP contribution in [-0.4, -0.2) is 42.9 Å². The van der Waals surface area contributed by atoms with Gasteiger partial charge >= 0.3 is 0 Å². The molecule has 0 atom stereocenters. The fourth-order valence-electron chi connectivity index (χ4n) is 2.90. The normalized spacial score (nSPS) is 14.4. The van der Waals surface area contributed by atoms with Gasteiger partial charge in [0.15, 0.2) is 5.82 Å². The van der Waals surface area contributed by atoms with Gasteiger partial charge in [0.25, 0.3) is 0 Å². The molecule has 0 saturated carbocycles. The molecule has 1 saturated heterocycles. The van der Waals surface area contributed by atoms with Crippen LogP contribution in [0.25, 0.3) is 23.0 Å². The molecule has 26 heavy (non-hydrogen) atoms. The van der Waals surface area contributed by atoms with Crippen molar-refractivity contribution in [3.63, 3.8) is 0 Å². The molecule has 0 amide bonds. The smallest absolute Gasteiger partial charge is 0.174 e. The molecule has 1 aliphatic rings. The number of aromatic nitrogens is 5. The number of imidazole rings is 1. The van der Waals surface area contributed by atoms with Crippen LogP contribution >= 0.6 is 0 Å². The van der Waals surface area contributed by atoms with Crippen molar-refractivity contribution in [3.8, 4) is 22.7 Å². The van der Waals surface area contributed by atoms with E-state index in [1.807, 2.05) is 6.08 Å². The number of rotatable bonds is 3. The molecule has 3 heterocycles. The second-order valence-electron chi connectivity index (χ2n) is 6.04. The molecule has 8 heteroatoms. The zero-order valence-electron chi connectivity index (χ0n) is 13.9. The van der Waals surface area contributed by atoms with Crippen molar-refractivity contribution in [3.05, 3.63) is 54.3 Å². The van der Waals surface area contributed by atoms with Crippen LogP contribution in [0.5, 0.6) is 5.75 Å². The molecule has 0 aliphatic carbocycles. The molecule has 1 fully saturated rings. The van der Waals surface area contributed by atoms with Crippen molar-refractivity contribution in [2.45, 2.75) is 12.8 Å². The summed E-state index contributed by atoms with van der Waals surface area (Å²) in [4.78, 5) is 8.15. The Morgan fingerprint density at radius 1 is 1.19 bits per heavy atom. The van der Waals surface area contributed by atoms with Gasteiger partial charge in [0.1, 0.15) is 17.3 Å². The van der Waals surface area contributed by atoms with E-state index >= 15 is 0 Å². The number of benzene rings is 1. The highest BCUT2D eigenvalue weighted by molar-refractivity contribution is 5.68.